The zero-order valence-corrected chi connectivity index (χ0v) is 11.7. The first-order chi connectivity index (χ1) is 9.08. The molecule has 2 aromatic rings. The zero-order chi connectivity index (χ0) is 13.8. The lowest BCUT2D eigenvalue weighted by atomic mass is 10.2. The smallest absolute Gasteiger partial charge is 0.270 e. The maximum atomic E-state index is 12.4. The first-order valence-corrected chi connectivity index (χ1v) is 6.50. The molecule has 0 fully saturated rings. The number of carbonyl (C=O) groups is 1. The summed E-state index contributed by atoms with van der Waals surface area (Å²) in [5.74, 6) is -0.0763. The Balaban J connectivity index is 2.19. The normalized spacial score (nSPS) is 10.7. The summed E-state index contributed by atoms with van der Waals surface area (Å²) in [5, 5.41) is 0.532. The second-order valence-corrected chi connectivity index (χ2v) is 5.02. The van der Waals surface area contributed by atoms with Crippen molar-refractivity contribution >= 4 is 17.5 Å². The van der Waals surface area contributed by atoms with Crippen LogP contribution in [0.3, 0.4) is 0 Å². The van der Waals surface area contributed by atoms with Gasteiger partial charge in [-0.15, -0.1) is 0 Å². The second-order valence-electron chi connectivity index (χ2n) is 4.58. The number of nitrogens with one attached hydrogen (secondary N) is 1. The number of amides is 1. The predicted molar refractivity (Wildman–Crippen MR) is 75.0 cm³/mol. The van der Waals surface area contributed by atoms with Crippen LogP contribution in [0.4, 0.5) is 0 Å². The minimum Gasteiger partial charge on any atom is -0.356 e. The molecule has 0 aliphatic heterocycles. The number of hydrogen-bond acceptors (Lipinski definition) is 2. The van der Waals surface area contributed by atoms with E-state index in [1.54, 1.807) is 23.4 Å². The summed E-state index contributed by atoms with van der Waals surface area (Å²) < 4.78 is 0. The molecular formula is C14H16ClN3O. The highest BCUT2D eigenvalue weighted by Crippen LogP contribution is 2.15. The lowest BCUT2D eigenvalue weighted by Crippen LogP contribution is -2.36. The summed E-state index contributed by atoms with van der Waals surface area (Å²) in [6.45, 7) is 4.44. The summed E-state index contributed by atoms with van der Waals surface area (Å²) in [7, 11) is 0. The van der Waals surface area contributed by atoms with Crippen molar-refractivity contribution < 1.29 is 4.79 Å². The van der Waals surface area contributed by atoms with Crippen LogP contribution in [-0.2, 0) is 6.54 Å². The summed E-state index contributed by atoms with van der Waals surface area (Å²) in [6, 6.07) is 7.39. The molecule has 0 aromatic carbocycles. The van der Waals surface area contributed by atoms with Crippen LogP contribution in [0, 0.1) is 0 Å². The molecule has 0 aliphatic rings. The highest BCUT2D eigenvalue weighted by molar-refractivity contribution is 6.30. The van der Waals surface area contributed by atoms with E-state index in [9.17, 15) is 4.79 Å². The molecule has 2 aromatic heterocycles. The van der Waals surface area contributed by atoms with Gasteiger partial charge in [0.2, 0.25) is 0 Å². The van der Waals surface area contributed by atoms with Gasteiger partial charge in [0, 0.05) is 18.4 Å². The van der Waals surface area contributed by atoms with E-state index in [0.717, 1.165) is 5.69 Å². The van der Waals surface area contributed by atoms with Crippen molar-refractivity contribution in [1.82, 2.24) is 14.9 Å². The van der Waals surface area contributed by atoms with Crippen molar-refractivity contribution in [2.75, 3.05) is 0 Å². The van der Waals surface area contributed by atoms with Crippen LogP contribution in [0.2, 0.25) is 5.02 Å². The molecule has 2 rings (SSSR count). The lowest BCUT2D eigenvalue weighted by molar-refractivity contribution is 0.0682. The molecule has 0 aliphatic carbocycles. The summed E-state index contributed by atoms with van der Waals surface area (Å²) in [4.78, 5) is 21.3. The van der Waals surface area contributed by atoms with Crippen LogP contribution in [0.5, 0.6) is 0 Å². The first-order valence-electron chi connectivity index (χ1n) is 6.12. The third kappa shape index (κ3) is 3.35. The van der Waals surface area contributed by atoms with Gasteiger partial charge in [-0.05, 0) is 32.0 Å². The summed E-state index contributed by atoms with van der Waals surface area (Å²) >= 11 is 5.83. The number of hydrogen-bond donors (Lipinski definition) is 1. The van der Waals surface area contributed by atoms with E-state index in [1.807, 2.05) is 32.0 Å². The fourth-order valence-corrected chi connectivity index (χ4v) is 1.96. The minimum atomic E-state index is -0.0763. The molecule has 2 heterocycles. The van der Waals surface area contributed by atoms with Crippen LogP contribution >= 0.6 is 11.6 Å². The SMILES string of the molecule is CC(C)N(Cc1ccccn1)C(=O)c1cc(Cl)c[nH]1. The molecule has 0 radical (unpaired) electrons. The second kappa shape index (κ2) is 5.89. The number of aromatic amines is 1. The third-order valence-corrected chi connectivity index (χ3v) is 3.04. The number of pyridine rings is 1. The Bertz CT molecular complexity index is 551. The maximum absolute atomic E-state index is 12.4. The number of rotatable bonds is 4. The number of halogens is 1. The van der Waals surface area contributed by atoms with Crippen LogP contribution in [-0.4, -0.2) is 26.8 Å². The largest absolute Gasteiger partial charge is 0.356 e. The van der Waals surface area contributed by atoms with E-state index in [4.69, 9.17) is 11.6 Å². The van der Waals surface area contributed by atoms with Crippen molar-refractivity contribution in [2.24, 2.45) is 0 Å². The molecule has 0 atom stereocenters. The Morgan fingerprint density at radius 2 is 2.26 bits per heavy atom. The van der Waals surface area contributed by atoms with E-state index < -0.39 is 0 Å². The predicted octanol–water partition coefficient (Wildman–Crippen LogP) is 3.11. The lowest BCUT2D eigenvalue weighted by Gasteiger charge is -2.25. The maximum Gasteiger partial charge on any atom is 0.270 e. The molecule has 1 N–H and O–H groups in total. The van der Waals surface area contributed by atoms with Crippen molar-refractivity contribution in [3.63, 3.8) is 0 Å². The molecule has 0 unspecified atom stereocenters. The van der Waals surface area contributed by atoms with Gasteiger partial charge in [0.25, 0.3) is 5.91 Å². The highest BCUT2D eigenvalue weighted by atomic mass is 35.5. The summed E-state index contributed by atoms with van der Waals surface area (Å²) in [6.07, 6.45) is 3.33. The zero-order valence-electron chi connectivity index (χ0n) is 10.9. The number of aromatic nitrogens is 2. The molecule has 100 valence electrons. The Morgan fingerprint density at radius 3 is 2.79 bits per heavy atom. The van der Waals surface area contributed by atoms with E-state index in [0.29, 0.717) is 17.3 Å². The molecular weight excluding hydrogens is 262 g/mol. The van der Waals surface area contributed by atoms with Gasteiger partial charge in [-0.25, -0.2) is 0 Å². The minimum absolute atomic E-state index is 0.0763. The van der Waals surface area contributed by atoms with E-state index in [-0.39, 0.29) is 11.9 Å². The standard InChI is InChI=1S/C14H16ClN3O/c1-10(2)18(9-12-5-3-4-6-16-12)14(19)13-7-11(15)8-17-13/h3-8,10,17H,9H2,1-2H3. The van der Waals surface area contributed by atoms with Crippen molar-refractivity contribution in [3.8, 4) is 0 Å². The van der Waals surface area contributed by atoms with Crippen molar-refractivity contribution in [1.29, 1.82) is 0 Å². The fraction of sp³-hybridized carbons (Fsp3) is 0.286. The van der Waals surface area contributed by atoms with E-state index in [2.05, 4.69) is 9.97 Å². The fourth-order valence-electron chi connectivity index (χ4n) is 1.80. The van der Waals surface area contributed by atoms with Crippen molar-refractivity contribution in [2.45, 2.75) is 26.4 Å². The Kier molecular flexibility index (Phi) is 4.22. The van der Waals surface area contributed by atoms with Crippen LogP contribution in [0.15, 0.2) is 36.7 Å². The molecule has 0 bridgehead atoms. The monoisotopic (exact) mass is 277 g/mol. The van der Waals surface area contributed by atoms with Crippen LogP contribution in [0.25, 0.3) is 0 Å². The van der Waals surface area contributed by atoms with Crippen molar-refractivity contribution in [3.05, 3.63) is 53.1 Å². The topological polar surface area (TPSA) is 49.0 Å². The van der Waals surface area contributed by atoms with Gasteiger partial charge >= 0.3 is 0 Å². The van der Waals surface area contributed by atoms with Gasteiger partial charge in [-0.3, -0.25) is 9.78 Å². The molecule has 4 nitrogen and oxygen atoms in total. The first kappa shape index (κ1) is 13.6. The Hall–Kier alpha value is -1.81. The average molecular weight is 278 g/mol. The van der Waals surface area contributed by atoms with Gasteiger partial charge in [0.15, 0.2) is 0 Å². The number of H-pyrrole nitrogens is 1. The third-order valence-electron chi connectivity index (χ3n) is 2.82. The Morgan fingerprint density at radius 1 is 1.47 bits per heavy atom. The molecule has 0 saturated carbocycles. The molecule has 1 amide bonds. The molecule has 5 heteroatoms. The molecule has 0 spiro atoms. The van der Waals surface area contributed by atoms with Gasteiger partial charge in [-0.1, -0.05) is 17.7 Å². The molecule has 19 heavy (non-hydrogen) atoms. The van der Waals surface area contributed by atoms with E-state index in [1.165, 1.54) is 0 Å². The average Bonchev–Trinajstić information content (AvgIpc) is 2.83. The van der Waals surface area contributed by atoms with Gasteiger partial charge < -0.3 is 9.88 Å². The quantitative estimate of drug-likeness (QED) is 0.933. The van der Waals surface area contributed by atoms with Crippen LogP contribution in [0.1, 0.15) is 30.0 Å². The Labute approximate surface area is 117 Å². The van der Waals surface area contributed by atoms with E-state index >= 15 is 0 Å². The number of nitrogens with zero attached hydrogens (tertiary/aromatic N) is 2. The highest BCUT2D eigenvalue weighted by Gasteiger charge is 2.20. The van der Waals surface area contributed by atoms with Gasteiger partial charge in [0.1, 0.15) is 5.69 Å². The van der Waals surface area contributed by atoms with Gasteiger partial charge in [-0.2, -0.15) is 0 Å². The van der Waals surface area contributed by atoms with Gasteiger partial charge in [0.05, 0.1) is 17.3 Å². The summed E-state index contributed by atoms with van der Waals surface area (Å²) in [5.41, 5.74) is 1.36. The molecule has 0 saturated heterocycles. The van der Waals surface area contributed by atoms with Crippen LogP contribution < -0.4 is 0 Å². The number of carbonyl (C=O) groups excluding carboxylic acids is 1.